The van der Waals surface area contributed by atoms with E-state index in [-0.39, 0.29) is 17.0 Å². The van der Waals surface area contributed by atoms with Crippen LogP contribution in [0.2, 0.25) is 0 Å². The molecule has 0 saturated heterocycles. The van der Waals surface area contributed by atoms with E-state index in [1.807, 2.05) is 19.1 Å². The standard InChI is InChI=1S/C25H23NO6/c1-16-8-10-17(11-9-16)21(27)15-32-25(29)19-6-4-5-7-20(19)26-24(28)18-12-13-22(30-2)23(14-18)31-3/h4-14H,15H2,1-3H3,(H,26,28). The average molecular weight is 433 g/mol. The van der Waals surface area contributed by atoms with Gasteiger partial charge in [0.15, 0.2) is 23.9 Å². The van der Waals surface area contributed by atoms with Crippen molar-refractivity contribution in [3.8, 4) is 11.5 Å². The lowest BCUT2D eigenvalue weighted by Crippen LogP contribution is -2.18. The van der Waals surface area contributed by atoms with Crippen LogP contribution in [0, 0.1) is 6.92 Å². The number of ether oxygens (including phenoxy) is 3. The summed E-state index contributed by atoms with van der Waals surface area (Å²) in [5, 5.41) is 2.70. The van der Waals surface area contributed by atoms with Gasteiger partial charge >= 0.3 is 5.97 Å². The number of carbonyl (C=O) groups excluding carboxylic acids is 3. The van der Waals surface area contributed by atoms with Gasteiger partial charge in [-0.2, -0.15) is 0 Å². The minimum atomic E-state index is -0.714. The van der Waals surface area contributed by atoms with E-state index in [1.165, 1.54) is 26.4 Å². The number of carbonyl (C=O) groups is 3. The van der Waals surface area contributed by atoms with Gasteiger partial charge in [-0.15, -0.1) is 0 Å². The SMILES string of the molecule is COc1ccc(C(=O)Nc2ccccc2C(=O)OCC(=O)c2ccc(C)cc2)cc1OC. The van der Waals surface area contributed by atoms with Crippen molar-refractivity contribution in [3.05, 3.63) is 89.0 Å². The first-order valence-electron chi connectivity index (χ1n) is 9.82. The number of amides is 1. The molecule has 32 heavy (non-hydrogen) atoms. The Bertz CT molecular complexity index is 1140. The van der Waals surface area contributed by atoms with Crippen LogP contribution in [0.1, 0.15) is 36.6 Å². The number of ketones is 1. The predicted molar refractivity (Wildman–Crippen MR) is 120 cm³/mol. The van der Waals surface area contributed by atoms with Crippen LogP contribution in [-0.4, -0.2) is 38.5 Å². The largest absolute Gasteiger partial charge is 0.493 e. The number of nitrogens with one attached hydrogen (secondary N) is 1. The first-order chi connectivity index (χ1) is 15.4. The van der Waals surface area contributed by atoms with Gasteiger partial charge < -0.3 is 19.5 Å². The van der Waals surface area contributed by atoms with Gasteiger partial charge in [0.25, 0.3) is 5.91 Å². The molecule has 3 aromatic carbocycles. The van der Waals surface area contributed by atoms with Crippen molar-refractivity contribution in [2.75, 3.05) is 26.1 Å². The molecule has 0 aliphatic heterocycles. The van der Waals surface area contributed by atoms with Crippen LogP contribution in [0.3, 0.4) is 0 Å². The number of aryl methyl sites for hydroxylation is 1. The molecule has 164 valence electrons. The summed E-state index contributed by atoms with van der Waals surface area (Å²) in [5.41, 5.74) is 2.20. The van der Waals surface area contributed by atoms with Crippen LogP contribution in [-0.2, 0) is 4.74 Å². The van der Waals surface area contributed by atoms with Gasteiger partial charge in [-0.3, -0.25) is 9.59 Å². The average Bonchev–Trinajstić information content (AvgIpc) is 2.82. The second-order valence-electron chi connectivity index (χ2n) is 6.93. The molecule has 0 heterocycles. The summed E-state index contributed by atoms with van der Waals surface area (Å²) in [6, 6.07) is 18.1. The molecule has 0 bridgehead atoms. The summed E-state index contributed by atoms with van der Waals surface area (Å²) in [6.07, 6.45) is 0. The van der Waals surface area contributed by atoms with Crippen molar-refractivity contribution in [2.45, 2.75) is 6.92 Å². The molecule has 1 N–H and O–H groups in total. The van der Waals surface area contributed by atoms with Crippen molar-refractivity contribution < 1.29 is 28.6 Å². The number of Topliss-reactive ketones (excluding diaryl/α,β-unsaturated/α-hetero) is 1. The zero-order valence-corrected chi connectivity index (χ0v) is 18.0. The van der Waals surface area contributed by atoms with Gasteiger partial charge in [0.1, 0.15) is 0 Å². The van der Waals surface area contributed by atoms with Gasteiger partial charge in [-0.25, -0.2) is 4.79 Å². The third kappa shape index (κ3) is 5.31. The molecule has 0 spiro atoms. The minimum Gasteiger partial charge on any atom is -0.493 e. The number of rotatable bonds is 8. The molecule has 1 amide bonds. The number of para-hydroxylation sites is 1. The zero-order valence-electron chi connectivity index (χ0n) is 18.0. The lowest BCUT2D eigenvalue weighted by atomic mass is 10.1. The minimum absolute atomic E-state index is 0.137. The lowest BCUT2D eigenvalue weighted by molar-refractivity contribution is 0.0475. The van der Waals surface area contributed by atoms with Gasteiger partial charge in [-0.1, -0.05) is 42.0 Å². The first kappa shape index (κ1) is 22.6. The van der Waals surface area contributed by atoms with Crippen LogP contribution in [0.5, 0.6) is 11.5 Å². The Balaban J connectivity index is 1.71. The Morgan fingerprint density at radius 3 is 2.16 bits per heavy atom. The predicted octanol–water partition coefficient (Wildman–Crippen LogP) is 4.30. The topological polar surface area (TPSA) is 90.9 Å². The van der Waals surface area contributed by atoms with E-state index in [1.54, 1.807) is 42.5 Å². The summed E-state index contributed by atoms with van der Waals surface area (Å²) in [4.78, 5) is 37.6. The molecule has 3 aromatic rings. The second kappa shape index (κ2) is 10.3. The molecular weight excluding hydrogens is 410 g/mol. The van der Waals surface area contributed by atoms with Crippen molar-refractivity contribution in [2.24, 2.45) is 0 Å². The maximum Gasteiger partial charge on any atom is 0.340 e. The fraction of sp³-hybridized carbons (Fsp3) is 0.160. The van der Waals surface area contributed by atoms with Gasteiger partial charge in [0, 0.05) is 11.1 Å². The van der Waals surface area contributed by atoms with Crippen LogP contribution < -0.4 is 14.8 Å². The molecule has 0 fully saturated rings. The van der Waals surface area contributed by atoms with Crippen molar-refractivity contribution in [3.63, 3.8) is 0 Å². The Kier molecular flexibility index (Phi) is 7.23. The maximum absolute atomic E-state index is 12.7. The maximum atomic E-state index is 12.7. The van der Waals surface area contributed by atoms with Crippen LogP contribution in [0.4, 0.5) is 5.69 Å². The summed E-state index contributed by atoms with van der Waals surface area (Å²) in [5.74, 6) is -0.575. The van der Waals surface area contributed by atoms with E-state index in [9.17, 15) is 14.4 Å². The molecule has 0 radical (unpaired) electrons. The van der Waals surface area contributed by atoms with Crippen molar-refractivity contribution >= 4 is 23.3 Å². The van der Waals surface area contributed by atoms with Crippen LogP contribution in [0.25, 0.3) is 0 Å². The molecule has 0 atom stereocenters. The highest BCUT2D eigenvalue weighted by molar-refractivity contribution is 6.08. The summed E-state index contributed by atoms with van der Waals surface area (Å²) in [6.45, 7) is 1.52. The lowest BCUT2D eigenvalue weighted by Gasteiger charge is -2.12. The molecule has 7 heteroatoms. The number of benzene rings is 3. The second-order valence-corrected chi connectivity index (χ2v) is 6.93. The van der Waals surface area contributed by atoms with E-state index < -0.39 is 18.5 Å². The van der Waals surface area contributed by atoms with Crippen molar-refractivity contribution in [1.82, 2.24) is 0 Å². The van der Waals surface area contributed by atoms with Gasteiger partial charge in [-0.05, 0) is 37.3 Å². The molecule has 0 unspecified atom stereocenters. The highest BCUT2D eigenvalue weighted by Crippen LogP contribution is 2.28. The number of methoxy groups -OCH3 is 2. The monoisotopic (exact) mass is 433 g/mol. The molecule has 0 aliphatic carbocycles. The molecule has 0 aliphatic rings. The molecule has 0 aromatic heterocycles. The summed E-state index contributed by atoms with van der Waals surface area (Å²) >= 11 is 0. The van der Waals surface area contributed by atoms with Gasteiger partial charge in [0.2, 0.25) is 0 Å². The Hall–Kier alpha value is -4.13. The number of anilines is 1. The van der Waals surface area contributed by atoms with E-state index in [2.05, 4.69) is 5.32 Å². The number of hydrogen-bond acceptors (Lipinski definition) is 6. The molecule has 3 rings (SSSR count). The Morgan fingerprint density at radius 2 is 1.47 bits per heavy atom. The van der Waals surface area contributed by atoms with Crippen molar-refractivity contribution in [1.29, 1.82) is 0 Å². The highest BCUT2D eigenvalue weighted by Gasteiger charge is 2.18. The van der Waals surface area contributed by atoms with Crippen LogP contribution >= 0.6 is 0 Å². The fourth-order valence-electron chi connectivity index (χ4n) is 2.97. The van der Waals surface area contributed by atoms with E-state index in [0.29, 0.717) is 22.6 Å². The normalized spacial score (nSPS) is 10.2. The summed E-state index contributed by atoms with van der Waals surface area (Å²) < 4.78 is 15.6. The van der Waals surface area contributed by atoms with E-state index in [4.69, 9.17) is 14.2 Å². The fourth-order valence-corrected chi connectivity index (χ4v) is 2.97. The quantitative estimate of drug-likeness (QED) is 0.421. The zero-order chi connectivity index (χ0) is 23.1. The summed E-state index contributed by atoms with van der Waals surface area (Å²) in [7, 11) is 2.98. The smallest absolute Gasteiger partial charge is 0.340 e. The molecule has 0 saturated carbocycles. The Labute approximate surface area is 185 Å². The number of hydrogen-bond donors (Lipinski definition) is 1. The van der Waals surface area contributed by atoms with E-state index in [0.717, 1.165) is 5.56 Å². The number of esters is 1. The third-order valence-corrected chi connectivity index (χ3v) is 4.75. The highest BCUT2D eigenvalue weighted by atomic mass is 16.5. The van der Waals surface area contributed by atoms with Crippen LogP contribution in [0.15, 0.2) is 66.7 Å². The Morgan fingerprint density at radius 1 is 0.812 bits per heavy atom. The van der Waals surface area contributed by atoms with Gasteiger partial charge in [0.05, 0.1) is 25.5 Å². The van der Waals surface area contributed by atoms with E-state index >= 15 is 0 Å². The molecular formula is C25H23NO6. The first-order valence-corrected chi connectivity index (χ1v) is 9.82. The third-order valence-electron chi connectivity index (χ3n) is 4.75. The molecule has 7 nitrogen and oxygen atoms in total.